The standard InChI is InChI=1S/C72H53N3O4/c1-40(2)42-30-34-44(35-31-42)73(56-24-14-20-50-46-16-5-9-26-60(46)76-69(50)56)58-38-54-48-18-7-11-28-62(48)78-71(54)67-64(58)52-22-13-23-53-65-59(39-55-49-19-8-12-29-63(49)79-72(55)68(65)75(67)66(52)53)74(45-36-32-43(33-37-45)41(3)4)57-25-15-21-51-47-17-6-10-27-61(47)77-70(51)57/h5-11,13-28,30-41,54,71H,12,29H2,1-4H3. The van der Waals surface area contributed by atoms with Crippen molar-refractivity contribution in [1.82, 2.24) is 4.40 Å². The molecule has 0 spiro atoms. The van der Waals surface area contributed by atoms with E-state index in [-0.39, 0.29) is 12.0 Å². The molecule has 79 heavy (non-hydrogen) atoms. The third-order valence-electron chi connectivity index (χ3n) is 17.5. The van der Waals surface area contributed by atoms with Gasteiger partial charge in [-0.15, -0.1) is 0 Å². The van der Waals surface area contributed by atoms with Crippen LogP contribution < -0.4 is 14.5 Å². The molecule has 2 unspecified atom stereocenters. The van der Waals surface area contributed by atoms with Gasteiger partial charge in [-0.05, 0) is 96.1 Å². The molecule has 0 bridgehead atoms. The Balaban J connectivity index is 1.02. The van der Waals surface area contributed by atoms with Crippen LogP contribution in [0.2, 0.25) is 0 Å². The molecule has 6 heterocycles. The number of rotatable bonds is 8. The van der Waals surface area contributed by atoms with Gasteiger partial charge in [0.1, 0.15) is 22.7 Å². The van der Waals surface area contributed by atoms with E-state index in [1.54, 1.807) is 0 Å². The summed E-state index contributed by atoms with van der Waals surface area (Å²) in [5.41, 5.74) is 19.6. The summed E-state index contributed by atoms with van der Waals surface area (Å²) in [4.78, 5) is 4.91. The van der Waals surface area contributed by atoms with Gasteiger partial charge in [-0.1, -0.05) is 161 Å². The van der Waals surface area contributed by atoms with E-state index in [2.05, 4.69) is 242 Å². The Morgan fingerprint density at radius 2 is 1.09 bits per heavy atom. The lowest BCUT2D eigenvalue weighted by Gasteiger charge is -2.34. The van der Waals surface area contributed by atoms with E-state index in [9.17, 15) is 0 Å². The number of ether oxygens (including phenoxy) is 1. The summed E-state index contributed by atoms with van der Waals surface area (Å²) in [5.74, 6) is 2.52. The van der Waals surface area contributed by atoms with Gasteiger partial charge in [0, 0.05) is 77.6 Å². The molecule has 3 aliphatic rings. The van der Waals surface area contributed by atoms with E-state index in [4.69, 9.17) is 18.0 Å². The maximum Gasteiger partial charge on any atom is 0.159 e. The maximum atomic E-state index is 7.39. The Bertz CT molecular complexity index is 4910. The number of fused-ring (bicyclic) bond motifs is 20. The van der Waals surface area contributed by atoms with Crippen molar-refractivity contribution in [2.24, 2.45) is 0 Å². The molecule has 5 aromatic heterocycles. The number of hydrogen-bond acceptors (Lipinski definition) is 6. The molecule has 17 rings (SSSR count). The lowest BCUT2D eigenvalue weighted by Crippen LogP contribution is -2.24. The molecule has 0 N–H and O–H groups in total. The predicted octanol–water partition coefficient (Wildman–Crippen LogP) is 20.3. The van der Waals surface area contributed by atoms with E-state index in [1.165, 1.54) is 11.1 Å². The van der Waals surface area contributed by atoms with Crippen LogP contribution in [0.5, 0.6) is 5.75 Å². The highest BCUT2D eigenvalue weighted by molar-refractivity contribution is 6.28. The van der Waals surface area contributed by atoms with E-state index >= 15 is 0 Å². The fourth-order valence-corrected chi connectivity index (χ4v) is 13.8. The Labute approximate surface area is 455 Å². The minimum absolute atomic E-state index is 0.132. The minimum Gasteiger partial charge on any atom is -0.483 e. The summed E-state index contributed by atoms with van der Waals surface area (Å²) in [7, 11) is 0. The number of benzene rings is 9. The van der Waals surface area contributed by atoms with Gasteiger partial charge < -0.3 is 32.2 Å². The second-order valence-electron chi connectivity index (χ2n) is 22.5. The molecule has 9 aromatic carbocycles. The van der Waals surface area contributed by atoms with E-state index in [0.717, 1.165) is 163 Å². The van der Waals surface area contributed by atoms with Gasteiger partial charge in [0.2, 0.25) is 0 Å². The molecular weight excluding hydrogens is 971 g/mol. The first-order valence-corrected chi connectivity index (χ1v) is 27.9. The van der Waals surface area contributed by atoms with Gasteiger partial charge in [-0.3, -0.25) is 0 Å². The van der Waals surface area contributed by atoms with Crippen LogP contribution in [0.4, 0.5) is 28.4 Å². The lowest BCUT2D eigenvalue weighted by atomic mass is 9.84. The summed E-state index contributed by atoms with van der Waals surface area (Å²) in [6.45, 7) is 9.03. The molecule has 380 valence electrons. The first kappa shape index (κ1) is 44.6. The van der Waals surface area contributed by atoms with Crippen molar-refractivity contribution < 1.29 is 18.0 Å². The smallest absolute Gasteiger partial charge is 0.159 e. The highest BCUT2D eigenvalue weighted by Gasteiger charge is 2.45. The number of anilines is 5. The quantitative estimate of drug-likeness (QED) is 0.151. The Morgan fingerprint density at radius 1 is 0.506 bits per heavy atom. The molecule has 7 heteroatoms. The molecule has 0 saturated carbocycles. The average molecular weight is 1020 g/mol. The molecule has 1 aliphatic heterocycles. The predicted molar refractivity (Wildman–Crippen MR) is 324 cm³/mol. The Kier molecular flexibility index (Phi) is 9.34. The second-order valence-corrected chi connectivity index (χ2v) is 22.5. The molecule has 0 fully saturated rings. The van der Waals surface area contributed by atoms with Gasteiger partial charge in [-0.2, -0.15) is 0 Å². The fourth-order valence-electron chi connectivity index (χ4n) is 13.8. The topological polar surface area (TPSA) is 59.5 Å². The number of aromatic nitrogens is 1. The third kappa shape index (κ3) is 6.24. The van der Waals surface area contributed by atoms with Crippen molar-refractivity contribution in [1.29, 1.82) is 0 Å². The van der Waals surface area contributed by atoms with Crippen molar-refractivity contribution in [2.45, 2.75) is 64.4 Å². The fraction of sp³-hybridized carbons (Fsp3) is 0.139. The minimum atomic E-state index is -0.360. The first-order chi connectivity index (χ1) is 38.9. The summed E-state index contributed by atoms with van der Waals surface area (Å²) < 4.78 is 31.2. The van der Waals surface area contributed by atoms with Gasteiger partial charge in [0.05, 0.1) is 45.4 Å². The van der Waals surface area contributed by atoms with Gasteiger partial charge in [0.15, 0.2) is 22.9 Å². The molecule has 0 radical (unpaired) electrons. The molecule has 14 aromatic rings. The third-order valence-corrected chi connectivity index (χ3v) is 17.5. The summed E-state index contributed by atoms with van der Waals surface area (Å²) >= 11 is 0. The summed E-state index contributed by atoms with van der Waals surface area (Å²) in [5, 5.41) is 8.77. The highest BCUT2D eigenvalue weighted by Crippen LogP contribution is 2.60. The highest BCUT2D eigenvalue weighted by atomic mass is 16.5. The van der Waals surface area contributed by atoms with Crippen molar-refractivity contribution >= 4 is 122 Å². The molecule has 2 atom stereocenters. The normalized spacial score (nSPS) is 15.8. The molecule has 7 nitrogen and oxygen atoms in total. The zero-order valence-electron chi connectivity index (χ0n) is 44.3. The zero-order valence-corrected chi connectivity index (χ0v) is 44.3. The summed E-state index contributed by atoms with van der Waals surface area (Å²) in [6, 6.07) is 66.1. The van der Waals surface area contributed by atoms with Crippen LogP contribution in [0.3, 0.4) is 0 Å². The van der Waals surface area contributed by atoms with Crippen LogP contribution in [0.15, 0.2) is 207 Å². The van der Waals surface area contributed by atoms with Crippen LogP contribution in [-0.4, -0.2) is 4.40 Å². The largest absolute Gasteiger partial charge is 0.483 e. The molecule has 2 aliphatic carbocycles. The number of aryl methyl sites for hydroxylation is 1. The van der Waals surface area contributed by atoms with Crippen LogP contribution >= 0.6 is 0 Å². The Morgan fingerprint density at radius 3 is 1.77 bits per heavy atom. The number of allylic oxidation sites excluding steroid dienone is 1. The average Bonchev–Trinajstić information content (AvgIpc) is 4.50. The van der Waals surface area contributed by atoms with Crippen molar-refractivity contribution in [2.75, 3.05) is 9.80 Å². The number of para-hydroxylation sites is 6. The van der Waals surface area contributed by atoms with E-state index in [1.807, 2.05) is 0 Å². The number of nitrogens with zero attached hydrogens (tertiary/aromatic N) is 3. The van der Waals surface area contributed by atoms with Crippen LogP contribution in [0, 0.1) is 0 Å². The first-order valence-electron chi connectivity index (χ1n) is 27.9. The Hall–Kier alpha value is -9.46. The van der Waals surface area contributed by atoms with Crippen molar-refractivity contribution in [3.8, 4) is 5.75 Å². The second kappa shape index (κ2) is 16.5. The van der Waals surface area contributed by atoms with Crippen molar-refractivity contribution in [3.05, 3.63) is 233 Å². The lowest BCUT2D eigenvalue weighted by molar-refractivity contribution is 0.217. The number of furan rings is 3. The zero-order chi connectivity index (χ0) is 52.4. The van der Waals surface area contributed by atoms with E-state index < -0.39 is 0 Å². The maximum absolute atomic E-state index is 7.39. The van der Waals surface area contributed by atoms with Gasteiger partial charge in [0.25, 0.3) is 0 Å². The van der Waals surface area contributed by atoms with Crippen LogP contribution in [0.25, 0.3) is 93.8 Å². The van der Waals surface area contributed by atoms with E-state index in [0.29, 0.717) is 11.8 Å². The van der Waals surface area contributed by atoms with Crippen LogP contribution in [0.1, 0.15) is 97.2 Å². The number of hydrogen-bond donors (Lipinski definition) is 0. The van der Waals surface area contributed by atoms with Gasteiger partial charge >= 0.3 is 0 Å². The summed E-state index contributed by atoms with van der Waals surface area (Å²) in [6.07, 6.45) is 8.44. The molecule has 0 saturated heterocycles. The molecular formula is C72H53N3O4. The van der Waals surface area contributed by atoms with Crippen LogP contribution in [-0.2, 0) is 6.42 Å². The SMILES string of the molecule is CC(C)c1ccc(N(C2=CC3c4ccccc4OC3c3c2c2cccc4c5c(N(c6ccc(C(C)C)cc6)c6cccc7c6oc6ccccc67)cc6c7c(oc6c5n3c24)CCC=C7)c2cccc3c2oc2ccccc23)cc1. The van der Waals surface area contributed by atoms with Crippen molar-refractivity contribution in [3.63, 3.8) is 0 Å². The van der Waals surface area contributed by atoms with Gasteiger partial charge in [-0.25, -0.2) is 0 Å². The monoisotopic (exact) mass is 1020 g/mol. The molecule has 0 amide bonds.